The first-order valence-corrected chi connectivity index (χ1v) is 5.91. The van der Waals surface area contributed by atoms with Crippen molar-refractivity contribution in [2.45, 2.75) is 46.5 Å². The van der Waals surface area contributed by atoms with Crippen LogP contribution in [-0.2, 0) is 0 Å². The summed E-state index contributed by atoms with van der Waals surface area (Å²) in [4.78, 5) is 0. The zero-order valence-corrected chi connectivity index (χ0v) is 9.47. The Morgan fingerprint density at radius 2 is 1.92 bits per heavy atom. The third-order valence-corrected chi connectivity index (χ3v) is 3.25. The summed E-state index contributed by atoms with van der Waals surface area (Å²) in [7, 11) is 0. The standard InChI is InChI=1S/C12H25N/c1-10(2)8-13-9-12-7-5-4-6-11(12)3/h10-13H,4-9H2,1-3H3. The Morgan fingerprint density at radius 1 is 1.23 bits per heavy atom. The summed E-state index contributed by atoms with van der Waals surface area (Å²) < 4.78 is 0. The van der Waals surface area contributed by atoms with Crippen molar-refractivity contribution in [3.63, 3.8) is 0 Å². The van der Waals surface area contributed by atoms with Crippen LogP contribution in [0, 0.1) is 17.8 Å². The lowest BCUT2D eigenvalue weighted by atomic mass is 9.80. The summed E-state index contributed by atoms with van der Waals surface area (Å²) in [6, 6.07) is 0. The average Bonchev–Trinajstić information content (AvgIpc) is 2.08. The highest BCUT2D eigenvalue weighted by molar-refractivity contribution is 4.74. The molecule has 1 heteroatoms. The minimum atomic E-state index is 0.791. The summed E-state index contributed by atoms with van der Waals surface area (Å²) in [5, 5.41) is 3.58. The number of hydrogen-bond donors (Lipinski definition) is 1. The van der Waals surface area contributed by atoms with Crippen molar-refractivity contribution < 1.29 is 0 Å². The summed E-state index contributed by atoms with van der Waals surface area (Å²) in [6.45, 7) is 9.40. The van der Waals surface area contributed by atoms with Gasteiger partial charge in [-0.25, -0.2) is 0 Å². The maximum absolute atomic E-state index is 3.58. The van der Waals surface area contributed by atoms with E-state index in [1.807, 2.05) is 0 Å². The van der Waals surface area contributed by atoms with Gasteiger partial charge in [0, 0.05) is 0 Å². The quantitative estimate of drug-likeness (QED) is 0.706. The lowest BCUT2D eigenvalue weighted by Gasteiger charge is -2.29. The molecule has 0 bridgehead atoms. The second kappa shape index (κ2) is 5.64. The van der Waals surface area contributed by atoms with Crippen LogP contribution in [0.15, 0.2) is 0 Å². The van der Waals surface area contributed by atoms with Crippen molar-refractivity contribution in [2.24, 2.45) is 17.8 Å². The van der Waals surface area contributed by atoms with E-state index >= 15 is 0 Å². The van der Waals surface area contributed by atoms with Gasteiger partial charge in [0.25, 0.3) is 0 Å². The molecule has 0 aromatic rings. The first kappa shape index (κ1) is 11.0. The topological polar surface area (TPSA) is 12.0 Å². The monoisotopic (exact) mass is 183 g/mol. The van der Waals surface area contributed by atoms with Crippen molar-refractivity contribution in [1.29, 1.82) is 0 Å². The molecule has 0 aromatic heterocycles. The molecule has 1 saturated carbocycles. The normalized spacial score (nSPS) is 29.5. The van der Waals surface area contributed by atoms with Gasteiger partial charge in [0.05, 0.1) is 0 Å². The lowest BCUT2D eigenvalue weighted by Crippen LogP contribution is -2.31. The molecular formula is C12H25N. The Bertz CT molecular complexity index is 131. The van der Waals surface area contributed by atoms with E-state index in [4.69, 9.17) is 0 Å². The molecule has 13 heavy (non-hydrogen) atoms. The molecule has 1 aliphatic rings. The van der Waals surface area contributed by atoms with Crippen molar-refractivity contribution in [3.05, 3.63) is 0 Å². The summed E-state index contributed by atoms with van der Waals surface area (Å²) in [5.41, 5.74) is 0. The van der Waals surface area contributed by atoms with E-state index in [1.54, 1.807) is 0 Å². The average molecular weight is 183 g/mol. The third kappa shape index (κ3) is 4.12. The highest BCUT2D eigenvalue weighted by atomic mass is 14.9. The van der Waals surface area contributed by atoms with E-state index in [-0.39, 0.29) is 0 Å². The van der Waals surface area contributed by atoms with Crippen molar-refractivity contribution in [2.75, 3.05) is 13.1 Å². The Balaban J connectivity index is 2.11. The molecule has 2 unspecified atom stereocenters. The summed E-state index contributed by atoms with van der Waals surface area (Å²) >= 11 is 0. The third-order valence-electron chi connectivity index (χ3n) is 3.25. The molecule has 0 amide bonds. The molecule has 0 radical (unpaired) electrons. The predicted molar refractivity (Wildman–Crippen MR) is 58.8 cm³/mol. The molecule has 1 aliphatic carbocycles. The zero-order chi connectivity index (χ0) is 9.68. The smallest absolute Gasteiger partial charge is 0.00179 e. The van der Waals surface area contributed by atoms with E-state index in [0.717, 1.165) is 17.8 Å². The minimum Gasteiger partial charge on any atom is -0.316 e. The highest BCUT2D eigenvalue weighted by Gasteiger charge is 2.20. The fraction of sp³-hybridized carbons (Fsp3) is 1.00. The van der Waals surface area contributed by atoms with E-state index in [0.29, 0.717) is 0 Å². The lowest BCUT2D eigenvalue weighted by molar-refractivity contribution is 0.246. The van der Waals surface area contributed by atoms with Gasteiger partial charge in [-0.2, -0.15) is 0 Å². The maximum atomic E-state index is 3.58. The second-order valence-electron chi connectivity index (χ2n) is 5.07. The first-order chi connectivity index (χ1) is 6.20. The van der Waals surface area contributed by atoms with E-state index < -0.39 is 0 Å². The van der Waals surface area contributed by atoms with Crippen molar-refractivity contribution in [3.8, 4) is 0 Å². The van der Waals surface area contributed by atoms with Gasteiger partial charge in [0.15, 0.2) is 0 Å². The number of rotatable bonds is 4. The van der Waals surface area contributed by atoms with Crippen LogP contribution in [0.3, 0.4) is 0 Å². The van der Waals surface area contributed by atoms with Crippen LogP contribution >= 0.6 is 0 Å². The van der Waals surface area contributed by atoms with Crippen LogP contribution in [0.5, 0.6) is 0 Å². The van der Waals surface area contributed by atoms with E-state index in [9.17, 15) is 0 Å². The van der Waals surface area contributed by atoms with Crippen LogP contribution < -0.4 is 5.32 Å². The highest BCUT2D eigenvalue weighted by Crippen LogP contribution is 2.28. The van der Waals surface area contributed by atoms with E-state index in [2.05, 4.69) is 26.1 Å². The summed E-state index contributed by atoms with van der Waals surface area (Å²) in [6.07, 6.45) is 5.82. The van der Waals surface area contributed by atoms with Gasteiger partial charge >= 0.3 is 0 Å². The van der Waals surface area contributed by atoms with Crippen LogP contribution in [0.2, 0.25) is 0 Å². The van der Waals surface area contributed by atoms with Gasteiger partial charge < -0.3 is 5.32 Å². The molecule has 1 nitrogen and oxygen atoms in total. The van der Waals surface area contributed by atoms with Crippen LogP contribution in [0.25, 0.3) is 0 Å². The Hall–Kier alpha value is -0.0400. The molecule has 0 heterocycles. The molecule has 2 atom stereocenters. The van der Waals surface area contributed by atoms with E-state index in [1.165, 1.54) is 38.8 Å². The van der Waals surface area contributed by atoms with Crippen LogP contribution in [0.4, 0.5) is 0 Å². The largest absolute Gasteiger partial charge is 0.316 e. The van der Waals surface area contributed by atoms with Gasteiger partial charge in [-0.15, -0.1) is 0 Å². The van der Waals surface area contributed by atoms with Crippen molar-refractivity contribution >= 4 is 0 Å². The molecule has 78 valence electrons. The first-order valence-electron chi connectivity index (χ1n) is 5.91. The molecule has 0 spiro atoms. The van der Waals surface area contributed by atoms with Crippen molar-refractivity contribution in [1.82, 2.24) is 5.32 Å². The molecule has 1 N–H and O–H groups in total. The molecule has 0 aromatic carbocycles. The zero-order valence-electron chi connectivity index (χ0n) is 9.47. The van der Waals surface area contributed by atoms with Crippen LogP contribution in [-0.4, -0.2) is 13.1 Å². The molecule has 1 rings (SSSR count). The van der Waals surface area contributed by atoms with Crippen LogP contribution in [0.1, 0.15) is 46.5 Å². The minimum absolute atomic E-state index is 0.791. The van der Waals surface area contributed by atoms with Gasteiger partial charge in [-0.3, -0.25) is 0 Å². The number of nitrogens with one attached hydrogen (secondary N) is 1. The molecule has 0 aliphatic heterocycles. The Labute approximate surface area is 83.3 Å². The number of hydrogen-bond acceptors (Lipinski definition) is 1. The van der Waals surface area contributed by atoms with Gasteiger partial charge in [-0.1, -0.05) is 40.0 Å². The van der Waals surface area contributed by atoms with Gasteiger partial charge in [-0.05, 0) is 37.3 Å². The fourth-order valence-corrected chi connectivity index (χ4v) is 2.25. The summed E-state index contributed by atoms with van der Waals surface area (Å²) in [5.74, 6) is 2.69. The molecule has 1 fully saturated rings. The fourth-order valence-electron chi connectivity index (χ4n) is 2.25. The Kier molecular flexibility index (Phi) is 4.79. The second-order valence-corrected chi connectivity index (χ2v) is 5.07. The van der Waals surface area contributed by atoms with Gasteiger partial charge in [0.2, 0.25) is 0 Å². The molecular weight excluding hydrogens is 158 g/mol. The predicted octanol–water partition coefficient (Wildman–Crippen LogP) is 3.06. The maximum Gasteiger partial charge on any atom is -0.00179 e. The molecule has 0 saturated heterocycles. The Morgan fingerprint density at radius 3 is 2.54 bits per heavy atom. The SMILES string of the molecule is CC(C)CNCC1CCCCC1C. The van der Waals surface area contributed by atoms with Gasteiger partial charge in [0.1, 0.15) is 0 Å².